The molecule has 0 saturated carbocycles. The second-order valence-electron chi connectivity index (χ2n) is 7.55. The Kier molecular flexibility index (Phi) is 9.77. The number of ether oxygens (including phenoxy) is 1. The van der Waals surface area contributed by atoms with Gasteiger partial charge >= 0.3 is 0 Å². The normalized spacial score (nSPS) is 16.8. The summed E-state index contributed by atoms with van der Waals surface area (Å²) in [7, 11) is 0. The number of rotatable bonds is 11. The minimum Gasteiger partial charge on any atom is -0.378 e. The van der Waals surface area contributed by atoms with Crippen LogP contribution in [0.5, 0.6) is 0 Å². The first-order valence-corrected chi connectivity index (χ1v) is 11.9. The van der Waals surface area contributed by atoms with Crippen LogP contribution in [-0.2, 0) is 14.3 Å². The van der Waals surface area contributed by atoms with Gasteiger partial charge < -0.3 is 25.1 Å². The highest BCUT2D eigenvalue weighted by Crippen LogP contribution is 2.32. The molecule has 0 aliphatic carbocycles. The van der Waals surface area contributed by atoms with Crippen molar-refractivity contribution in [1.82, 2.24) is 15.6 Å². The van der Waals surface area contributed by atoms with Gasteiger partial charge in [0.15, 0.2) is 0 Å². The molecule has 0 radical (unpaired) electrons. The number of carbonyl (C=O) groups is 3. The molecule has 1 fully saturated rings. The number of hydrogen-bond acceptors (Lipinski definition) is 7. The third kappa shape index (κ3) is 7.20. The number of nitrogens with zero attached hydrogens (tertiary/aromatic N) is 2. The van der Waals surface area contributed by atoms with Crippen LogP contribution in [0.25, 0.3) is 0 Å². The number of nitrogens with one attached hydrogen (secondary N) is 2. The number of aldehydes is 1. The van der Waals surface area contributed by atoms with Crippen molar-refractivity contribution in [2.24, 2.45) is 5.92 Å². The Labute approximate surface area is 192 Å². The molecule has 3 rings (SSSR count). The molecular formula is C23H30N4O4S. The van der Waals surface area contributed by atoms with E-state index in [0.717, 1.165) is 43.1 Å². The number of pyridine rings is 1. The molecule has 0 bridgehead atoms. The predicted molar refractivity (Wildman–Crippen MR) is 125 cm³/mol. The smallest absolute Gasteiger partial charge is 0.252 e. The van der Waals surface area contributed by atoms with Crippen LogP contribution in [0, 0.1) is 5.92 Å². The van der Waals surface area contributed by atoms with Crippen LogP contribution in [0.4, 0.5) is 5.82 Å². The number of allylic oxidation sites excluding steroid dienone is 2. The summed E-state index contributed by atoms with van der Waals surface area (Å²) in [5, 5.41) is 7.58. The average Bonchev–Trinajstić information content (AvgIpc) is 2.85. The molecule has 8 nitrogen and oxygen atoms in total. The van der Waals surface area contributed by atoms with Gasteiger partial charge in [-0.05, 0) is 41.7 Å². The number of hydrogen-bond donors (Lipinski definition) is 2. The van der Waals surface area contributed by atoms with Crippen LogP contribution in [0.1, 0.15) is 36.0 Å². The maximum atomic E-state index is 12.5. The molecule has 2 amide bonds. The SMILES string of the molecule is O=CCNC(=O)C(CCCCNC(=O)c1ccc(N2CCOCC2)nc1)C1=CCC=CS1. The lowest BCUT2D eigenvalue weighted by Crippen LogP contribution is -2.36. The summed E-state index contributed by atoms with van der Waals surface area (Å²) in [6, 6.07) is 3.66. The van der Waals surface area contributed by atoms with Crippen molar-refractivity contribution >= 4 is 35.7 Å². The Hall–Kier alpha value is -2.65. The van der Waals surface area contributed by atoms with Gasteiger partial charge in [0, 0.05) is 25.8 Å². The van der Waals surface area contributed by atoms with Crippen LogP contribution in [0.2, 0.25) is 0 Å². The Balaban J connectivity index is 1.41. The first-order valence-electron chi connectivity index (χ1n) is 11.0. The van der Waals surface area contributed by atoms with Gasteiger partial charge in [-0.2, -0.15) is 0 Å². The predicted octanol–water partition coefficient (Wildman–Crippen LogP) is 2.28. The lowest BCUT2D eigenvalue weighted by Gasteiger charge is -2.27. The molecule has 2 aliphatic heterocycles. The summed E-state index contributed by atoms with van der Waals surface area (Å²) in [5.74, 6) is 0.314. The van der Waals surface area contributed by atoms with E-state index in [2.05, 4.69) is 26.6 Å². The van der Waals surface area contributed by atoms with E-state index in [0.29, 0.717) is 38.0 Å². The molecule has 2 aliphatic rings. The zero-order valence-electron chi connectivity index (χ0n) is 18.1. The first-order chi connectivity index (χ1) is 15.7. The molecule has 3 heterocycles. The number of morpholine rings is 1. The molecule has 32 heavy (non-hydrogen) atoms. The third-order valence-corrected chi connectivity index (χ3v) is 6.38. The van der Waals surface area contributed by atoms with Gasteiger partial charge in [-0.15, -0.1) is 11.8 Å². The van der Waals surface area contributed by atoms with E-state index in [4.69, 9.17) is 4.74 Å². The van der Waals surface area contributed by atoms with E-state index in [-0.39, 0.29) is 24.3 Å². The highest BCUT2D eigenvalue weighted by atomic mass is 32.2. The topological polar surface area (TPSA) is 101 Å². The summed E-state index contributed by atoms with van der Waals surface area (Å²) in [6.07, 6.45) is 9.43. The van der Waals surface area contributed by atoms with Crippen LogP contribution in [0.15, 0.2) is 40.8 Å². The first kappa shape index (κ1) is 24.0. The molecule has 0 aromatic carbocycles. The highest BCUT2D eigenvalue weighted by Gasteiger charge is 2.23. The second-order valence-corrected chi connectivity index (χ2v) is 8.53. The number of unbranched alkanes of at least 4 members (excludes halogenated alkanes) is 1. The Morgan fingerprint density at radius 2 is 2.06 bits per heavy atom. The van der Waals surface area contributed by atoms with Crippen molar-refractivity contribution < 1.29 is 19.1 Å². The molecular weight excluding hydrogens is 428 g/mol. The zero-order valence-corrected chi connectivity index (χ0v) is 18.9. The number of thioether (sulfide) groups is 1. The summed E-state index contributed by atoms with van der Waals surface area (Å²) >= 11 is 1.55. The second kappa shape index (κ2) is 13.0. The van der Waals surface area contributed by atoms with Crippen LogP contribution in [-0.4, -0.2) is 62.5 Å². The van der Waals surface area contributed by atoms with Gasteiger partial charge in [0.2, 0.25) is 5.91 Å². The van der Waals surface area contributed by atoms with Crippen LogP contribution >= 0.6 is 11.8 Å². The van der Waals surface area contributed by atoms with Crippen LogP contribution < -0.4 is 15.5 Å². The van der Waals surface area contributed by atoms with E-state index in [1.54, 1.807) is 24.0 Å². The van der Waals surface area contributed by atoms with Gasteiger partial charge in [-0.25, -0.2) is 4.98 Å². The fraction of sp³-hybridized carbons (Fsp3) is 0.478. The van der Waals surface area contributed by atoms with Gasteiger partial charge in [-0.1, -0.05) is 18.6 Å². The largest absolute Gasteiger partial charge is 0.378 e. The van der Waals surface area contributed by atoms with E-state index >= 15 is 0 Å². The van der Waals surface area contributed by atoms with E-state index in [1.165, 1.54) is 0 Å². The number of anilines is 1. The molecule has 9 heteroatoms. The molecule has 172 valence electrons. The monoisotopic (exact) mass is 458 g/mol. The molecule has 1 unspecified atom stereocenters. The minimum absolute atomic E-state index is 0.0253. The van der Waals surface area contributed by atoms with Crippen molar-refractivity contribution in [3.05, 3.63) is 46.4 Å². The lowest BCUT2D eigenvalue weighted by atomic mass is 9.99. The Bertz CT molecular complexity index is 835. The van der Waals surface area contributed by atoms with Gasteiger partial charge in [0.05, 0.1) is 31.2 Å². The lowest BCUT2D eigenvalue weighted by molar-refractivity contribution is -0.125. The molecule has 1 atom stereocenters. The molecule has 2 N–H and O–H groups in total. The van der Waals surface area contributed by atoms with E-state index in [1.807, 2.05) is 17.6 Å². The zero-order chi connectivity index (χ0) is 22.6. The summed E-state index contributed by atoms with van der Waals surface area (Å²) in [4.78, 5) is 43.0. The Morgan fingerprint density at radius 1 is 1.22 bits per heavy atom. The third-order valence-electron chi connectivity index (χ3n) is 5.33. The maximum absolute atomic E-state index is 12.5. The van der Waals surface area contributed by atoms with Crippen molar-refractivity contribution in [2.75, 3.05) is 44.3 Å². The van der Waals surface area contributed by atoms with Crippen molar-refractivity contribution in [2.45, 2.75) is 25.7 Å². The minimum atomic E-state index is -0.266. The quantitative estimate of drug-likeness (QED) is 0.388. The molecule has 1 saturated heterocycles. The van der Waals surface area contributed by atoms with E-state index < -0.39 is 0 Å². The maximum Gasteiger partial charge on any atom is 0.252 e. The van der Waals surface area contributed by atoms with E-state index in [9.17, 15) is 14.4 Å². The van der Waals surface area contributed by atoms with Crippen molar-refractivity contribution in [3.63, 3.8) is 0 Å². The fourth-order valence-electron chi connectivity index (χ4n) is 3.58. The van der Waals surface area contributed by atoms with Gasteiger partial charge in [0.25, 0.3) is 5.91 Å². The Morgan fingerprint density at radius 3 is 2.75 bits per heavy atom. The molecule has 1 aromatic rings. The van der Waals surface area contributed by atoms with Crippen molar-refractivity contribution in [3.8, 4) is 0 Å². The molecule has 0 spiro atoms. The van der Waals surface area contributed by atoms with Gasteiger partial charge in [-0.3, -0.25) is 9.59 Å². The highest BCUT2D eigenvalue weighted by molar-refractivity contribution is 8.05. The fourth-order valence-corrected chi connectivity index (χ4v) is 4.53. The number of carbonyl (C=O) groups excluding carboxylic acids is 3. The standard InChI is InChI=1S/C23H30N4O4S/c28-13-10-25-23(30)19(20-6-2-4-16-32-20)5-1-3-9-24-22(29)18-7-8-21(26-17-18)27-11-14-31-15-12-27/h4,6-8,13,16-17,19H,1-3,5,9-12,14-15H2,(H,24,29)(H,25,30). The molecule has 1 aromatic heterocycles. The van der Waals surface area contributed by atoms with Crippen LogP contribution in [0.3, 0.4) is 0 Å². The average molecular weight is 459 g/mol. The number of aromatic nitrogens is 1. The summed E-state index contributed by atoms with van der Waals surface area (Å²) in [6.45, 7) is 3.54. The number of amides is 2. The van der Waals surface area contributed by atoms with Gasteiger partial charge in [0.1, 0.15) is 12.1 Å². The van der Waals surface area contributed by atoms with Crippen molar-refractivity contribution in [1.29, 1.82) is 0 Å². The summed E-state index contributed by atoms with van der Waals surface area (Å²) in [5.41, 5.74) is 0.531. The summed E-state index contributed by atoms with van der Waals surface area (Å²) < 4.78 is 5.35.